The van der Waals surface area contributed by atoms with E-state index in [-0.39, 0.29) is 12.7 Å². The molecule has 1 fully saturated rings. The Labute approximate surface area is 75.1 Å². The van der Waals surface area contributed by atoms with Gasteiger partial charge in [0, 0.05) is 6.54 Å². The van der Waals surface area contributed by atoms with Crippen molar-refractivity contribution < 1.29 is 19.8 Å². The minimum Gasteiger partial charge on any atom is -0.481 e. The van der Waals surface area contributed by atoms with Gasteiger partial charge in [0.05, 0.1) is 12.1 Å². The summed E-state index contributed by atoms with van der Waals surface area (Å²) in [5.41, 5.74) is 0. The van der Waals surface area contributed by atoms with Gasteiger partial charge in [-0.3, -0.25) is 9.69 Å². The molecule has 0 spiro atoms. The van der Waals surface area contributed by atoms with Crippen LogP contribution >= 0.6 is 0 Å². The van der Waals surface area contributed by atoms with Crippen molar-refractivity contribution >= 4 is 12.1 Å². The van der Waals surface area contributed by atoms with E-state index in [0.29, 0.717) is 6.42 Å². The van der Waals surface area contributed by atoms with Crippen LogP contribution in [-0.2, 0) is 4.79 Å². The van der Waals surface area contributed by atoms with Gasteiger partial charge in [-0.25, -0.2) is 4.79 Å². The van der Waals surface area contributed by atoms with Crippen LogP contribution in [0.3, 0.4) is 0 Å². The largest absolute Gasteiger partial charge is 0.481 e. The van der Waals surface area contributed by atoms with Gasteiger partial charge in [0.15, 0.2) is 0 Å². The number of aliphatic carboxylic acids is 1. The minimum absolute atomic E-state index is 0.0656. The summed E-state index contributed by atoms with van der Waals surface area (Å²) in [6.07, 6.45) is -1.13. The molecule has 1 saturated heterocycles. The topological polar surface area (TPSA) is 89.9 Å². The van der Waals surface area contributed by atoms with Gasteiger partial charge in [-0.15, -0.1) is 0 Å². The standard InChI is InChI=1S/C7H12N2O4/c1-8-5-2-4(6(10)11)3-9(5)7(12)13/h4-5,8H,2-3H2,1H3,(H,10,11)(H,12,13)/t4-,5-/m0/s1. The number of likely N-dealkylation sites (tertiary alicyclic amines) is 1. The highest BCUT2D eigenvalue weighted by atomic mass is 16.4. The summed E-state index contributed by atoms with van der Waals surface area (Å²) in [7, 11) is 1.62. The number of hydrogen-bond donors (Lipinski definition) is 3. The lowest BCUT2D eigenvalue weighted by molar-refractivity contribution is -0.141. The fourth-order valence-corrected chi connectivity index (χ4v) is 1.50. The molecule has 1 aliphatic rings. The maximum atomic E-state index is 10.6. The molecule has 13 heavy (non-hydrogen) atoms. The molecule has 0 bridgehead atoms. The first-order valence-corrected chi connectivity index (χ1v) is 3.96. The zero-order chi connectivity index (χ0) is 10.0. The number of carboxylic acid groups (broad SMARTS) is 2. The molecule has 1 amide bonds. The van der Waals surface area contributed by atoms with Crippen LogP contribution in [0.2, 0.25) is 0 Å². The first-order chi connectivity index (χ1) is 6.06. The van der Waals surface area contributed by atoms with Gasteiger partial charge in [-0.05, 0) is 13.5 Å². The molecule has 1 aliphatic heterocycles. The third-order valence-electron chi connectivity index (χ3n) is 2.23. The number of nitrogens with one attached hydrogen (secondary N) is 1. The SMILES string of the molecule is CN[C@@H]1C[C@H](C(=O)O)CN1C(=O)O. The summed E-state index contributed by atoms with van der Waals surface area (Å²) < 4.78 is 0. The number of amides is 1. The fourth-order valence-electron chi connectivity index (χ4n) is 1.50. The summed E-state index contributed by atoms with van der Waals surface area (Å²) in [5.74, 6) is -1.53. The zero-order valence-corrected chi connectivity index (χ0v) is 7.23. The number of nitrogens with zero attached hydrogens (tertiary/aromatic N) is 1. The molecule has 2 atom stereocenters. The Hall–Kier alpha value is -1.30. The first-order valence-electron chi connectivity index (χ1n) is 3.96. The highest BCUT2D eigenvalue weighted by Crippen LogP contribution is 2.21. The Balaban J connectivity index is 2.66. The predicted octanol–water partition coefficient (Wildman–Crippen LogP) is -0.384. The van der Waals surface area contributed by atoms with Crippen molar-refractivity contribution in [1.29, 1.82) is 0 Å². The van der Waals surface area contributed by atoms with Crippen molar-refractivity contribution in [3.8, 4) is 0 Å². The Bertz CT molecular complexity index is 231. The van der Waals surface area contributed by atoms with Gasteiger partial charge < -0.3 is 15.5 Å². The van der Waals surface area contributed by atoms with Crippen molar-refractivity contribution in [2.24, 2.45) is 5.92 Å². The lowest BCUT2D eigenvalue weighted by atomic mass is 10.1. The van der Waals surface area contributed by atoms with E-state index in [9.17, 15) is 9.59 Å². The molecule has 1 rings (SSSR count). The van der Waals surface area contributed by atoms with Crippen molar-refractivity contribution in [2.45, 2.75) is 12.6 Å². The molecule has 1 heterocycles. The molecule has 0 aromatic rings. The van der Waals surface area contributed by atoms with E-state index in [4.69, 9.17) is 10.2 Å². The van der Waals surface area contributed by atoms with Gasteiger partial charge in [0.2, 0.25) is 0 Å². The molecule has 0 unspecified atom stereocenters. The molecule has 0 aromatic heterocycles. The quantitative estimate of drug-likeness (QED) is 0.549. The summed E-state index contributed by atoms with van der Waals surface area (Å²) >= 11 is 0. The third-order valence-corrected chi connectivity index (χ3v) is 2.23. The molecular formula is C7H12N2O4. The highest BCUT2D eigenvalue weighted by Gasteiger charge is 2.37. The first kappa shape index (κ1) is 9.79. The number of carboxylic acids is 1. The second kappa shape index (κ2) is 3.61. The Kier molecular flexibility index (Phi) is 2.72. The molecule has 74 valence electrons. The lowest BCUT2D eigenvalue weighted by Gasteiger charge is -2.19. The monoisotopic (exact) mass is 188 g/mol. The number of rotatable bonds is 2. The van der Waals surface area contributed by atoms with Crippen LogP contribution in [0.1, 0.15) is 6.42 Å². The molecule has 3 N–H and O–H groups in total. The van der Waals surface area contributed by atoms with E-state index >= 15 is 0 Å². The van der Waals surface area contributed by atoms with Crippen molar-refractivity contribution in [3.05, 3.63) is 0 Å². The Morgan fingerprint density at radius 3 is 2.38 bits per heavy atom. The molecule has 6 heteroatoms. The maximum Gasteiger partial charge on any atom is 0.408 e. The van der Waals surface area contributed by atoms with E-state index in [1.165, 1.54) is 0 Å². The molecule has 0 aliphatic carbocycles. The van der Waals surface area contributed by atoms with Gasteiger partial charge in [0.1, 0.15) is 0 Å². The van der Waals surface area contributed by atoms with E-state index in [1.54, 1.807) is 7.05 Å². The van der Waals surface area contributed by atoms with Crippen LogP contribution in [0.5, 0.6) is 0 Å². The third kappa shape index (κ3) is 1.89. The van der Waals surface area contributed by atoms with Gasteiger partial charge in [-0.1, -0.05) is 0 Å². The van der Waals surface area contributed by atoms with Gasteiger partial charge >= 0.3 is 12.1 Å². The minimum atomic E-state index is -1.08. The van der Waals surface area contributed by atoms with Gasteiger partial charge in [-0.2, -0.15) is 0 Å². The molecular weight excluding hydrogens is 176 g/mol. The summed E-state index contributed by atoms with van der Waals surface area (Å²) in [4.78, 5) is 22.3. The zero-order valence-electron chi connectivity index (χ0n) is 7.23. The van der Waals surface area contributed by atoms with Crippen LogP contribution in [0.25, 0.3) is 0 Å². The highest BCUT2D eigenvalue weighted by molar-refractivity contribution is 5.73. The van der Waals surface area contributed by atoms with E-state index in [2.05, 4.69) is 5.32 Å². The van der Waals surface area contributed by atoms with Crippen LogP contribution in [0.4, 0.5) is 4.79 Å². The summed E-state index contributed by atoms with van der Waals surface area (Å²) in [5, 5.41) is 20.1. The normalized spacial score (nSPS) is 27.6. The number of hydrogen-bond acceptors (Lipinski definition) is 3. The summed E-state index contributed by atoms with van der Waals surface area (Å²) in [6, 6.07) is 0. The predicted molar refractivity (Wildman–Crippen MR) is 43.3 cm³/mol. The molecule has 0 radical (unpaired) electrons. The van der Waals surface area contributed by atoms with Crippen LogP contribution < -0.4 is 5.32 Å². The fraction of sp³-hybridized carbons (Fsp3) is 0.714. The van der Waals surface area contributed by atoms with Crippen molar-refractivity contribution in [3.63, 3.8) is 0 Å². The average molecular weight is 188 g/mol. The van der Waals surface area contributed by atoms with Crippen LogP contribution in [0.15, 0.2) is 0 Å². The maximum absolute atomic E-state index is 10.6. The van der Waals surface area contributed by atoms with Gasteiger partial charge in [0.25, 0.3) is 0 Å². The Morgan fingerprint density at radius 1 is 1.46 bits per heavy atom. The van der Waals surface area contributed by atoms with Crippen LogP contribution in [0, 0.1) is 5.92 Å². The van der Waals surface area contributed by atoms with E-state index in [1.807, 2.05) is 0 Å². The smallest absolute Gasteiger partial charge is 0.408 e. The average Bonchev–Trinajstić information content (AvgIpc) is 2.47. The number of carbonyl (C=O) groups is 2. The van der Waals surface area contributed by atoms with Crippen molar-refractivity contribution in [1.82, 2.24) is 10.2 Å². The van der Waals surface area contributed by atoms with E-state index in [0.717, 1.165) is 4.90 Å². The molecule has 0 aromatic carbocycles. The Morgan fingerprint density at radius 2 is 2.08 bits per heavy atom. The molecule has 6 nitrogen and oxygen atoms in total. The van der Waals surface area contributed by atoms with Crippen molar-refractivity contribution in [2.75, 3.05) is 13.6 Å². The van der Waals surface area contributed by atoms with Crippen LogP contribution in [-0.4, -0.2) is 46.9 Å². The summed E-state index contributed by atoms with van der Waals surface area (Å²) in [6.45, 7) is 0.0656. The second-order valence-corrected chi connectivity index (χ2v) is 3.01. The lowest BCUT2D eigenvalue weighted by Crippen LogP contribution is -2.42. The molecule has 0 saturated carbocycles. The van der Waals surface area contributed by atoms with E-state index < -0.39 is 18.0 Å². The second-order valence-electron chi connectivity index (χ2n) is 3.01.